The molecule has 0 radical (unpaired) electrons. The highest BCUT2D eigenvalue weighted by Gasteiger charge is 2.24. The van der Waals surface area contributed by atoms with Gasteiger partial charge in [-0.2, -0.15) is 0 Å². The number of nitrogens with zero attached hydrogens (tertiary/aromatic N) is 3. The molecule has 0 saturated heterocycles. The lowest BCUT2D eigenvalue weighted by Crippen LogP contribution is -2.38. The fourth-order valence-corrected chi connectivity index (χ4v) is 4.40. The Hall–Kier alpha value is -2.64. The van der Waals surface area contributed by atoms with Gasteiger partial charge in [0.05, 0.1) is 11.4 Å². The third-order valence-corrected chi connectivity index (χ3v) is 6.84. The molecule has 2 aromatic carbocycles. The van der Waals surface area contributed by atoms with E-state index in [1.165, 1.54) is 37.1 Å². The molecule has 0 unspecified atom stereocenters. The van der Waals surface area contributed by atoms with Gasteiger partial charge in [0.15, 0.2) is 0 Å². The predicted octanol–water partition coefficient (Wildman–Crippen LogP) is 2.55. The van der Waals surface area contributed by atoms with Crippen LogP contribution in [-0.4, -0.2) is 48.7 Å². The van der Waals surface area contributed by atoms with Crippen LogP contribution >= 0.6 is 0 Å². The molecule has 7 heteroatoms. The van der Waals surface area contributed by atoms with Gasteiger partial charge in [0.2, 0.25) is 10.0 Å². The fraction of sp³-hybridized carbons (Fsp3) is 0.250. The molecular weight excluding hydrogens is 362 g/mol. The quantitative estimate of drug-likeness (QED) is 0.698. The van der Waals surface area contributed by atoms with E-state index < -0.39 is 10.0 Å². The first-order valence-corrected chi connectivity index (χ1v) is 10.2. The second-order valence-electron chi connectivity index (χ2n) is 6.88. The first kappa shape index (κ1) is 17.8. The summed E-state index contributed by atoms with van der Waals surface area (Å²) in [5, 5.41) is 1.18. The van der Waals surface area contributed by atoms with Crippen LogP contribution in [0.4, 0.5) is 0 Å². The number of aromatic nitrogens is 1. The van der Waals surface area contributed by atoms with Crippen LogP contribution in [-0.2, 0) is 23.1 Å². The molecule has 4 rings (SSSR count). The molecule has 0 spiro atoms. The van der Waals surface area contributed by atoms with Crippen LogP contribution < -0.4 is 0 Å². The standard InChI is InChI=1S/C20H21N3O3S/c1-21(2)27(25,26)18-9-7-15(8-10-18)20(24)22-11-12-23-17(14-22)13-16-5-3-4-6-19(16)23/h3-10,13H,11-12,14H2,1-2H3. The second kappa shape index (κ2) is 6.51. The molecule has 0 saturated carbocycles. The molecule has 1 aliphatic heterocycles. The summed E-state index contributed by atoms with van der Waals surface area (Å²) < 4.78 is 27.7. The van der Waals surface area contributed by atoms with Gasteiger partial charge in [-0.3, -0.25) is 4.79 Å². The maximum Gasteiger partial charge on any atom is 0.254 e. The molecule has 140 valence electrons. The molecule has 3 aromatic rings. The van der Waals surface area contributed by atoms with Crippen molar-refractivity contribution < 1.29 is 13.2 Å². The lowest BCUT2D eigenvalue weighted by atomic mass is 10.2. The van der Waals surface area contributed by atoms with Crippen LogP contribution in [0, 0.1) is 0 Å². The van der Waals surface area contributed by atoms with Crippen LogP contribution in [0.15, 0.2) is 59.5 Å². The van der Waals surface area contributed by atoms with E-state index in [1.807, 2.05) is 17.0 Å². The maximum atomic E-state index is 12.9. The zero-order valence-corrected chi connectivity index (χ0v) is 16.1. The Kier molecular flexibility index (Phi) is 4.28. The van der Waals surface area contributed by atoms with Crippen molar-refractivity contribution in [3.05, 3.63) is 65.9 Å². The van der Waals surface area contributed by atoms with E-state index in [1.54, 1.807) is 12.1 Å². The number of benzene rings is 2. The van der Waals surface area contributed by atoms with Crippen LogP contribution in [0.1, 0.15) is 16.1 Å². The minimum absolute atomic E-state index is 0.0830. The van der Waals surface area contributed by atoms with Crippen molar-refractivity contribution in [2.45, 2.75) is 18.0 Å². The Balaban J connectivity index is 1.57. The SMILES string of the molecule is CN(C)S(=O)(=O)c1ccc(C(=O)N2CCn3c(cc4ccccc43)C2)cc1. The lowest BCUT2D eigenvalue weighted by Gasteiger charge is -2.29. The number of carbonyl (C=O) groups excluding carboxylic acids is 1. The minimum atomic E-state index is -3.49. The molecule has 6 nitrogen and oxygen atoms in total. The van der Waals surface area contributed by atoms with Gasteiger partial charge in [0.1, 0.15) is 0 Å². The van der Waals surface area contributed by atoms with Crippen LogP contribution in [0.3, 0.4) is 0 Å². The zero-order chi connectivity index (χ0) is 19.2. The van der Waals surface area contributed by atoms with E-state index in [2.05, 4.69) is 22.8 Å². The Bertz CT molecular complexity index is 1120. The zero-order valence-electron chi connectivity index (χ0n) is 15.3. The van der Waals surface area contributed by atoms with Gasteiger partial charge in [-0.1, -0.05) is 18.2 Å². The maximum absolute atomic E-state index is 12.9. The molecule has 1 aromatic heterocycles. The van der Waals surface area contributed by atoms with Crippen molar-refractivity contribution in [1.29, 1.82) is 0 Å². The van der Waals surface area contributed by atoms with Crippen molar-refractivity contribution >= 4 is 26.8 Å². The summed E-state index contributed by atoms with van der Waals surface area (Å²) in [5.41, 5.74) is 2.80. The third kappa shape index (κ3) is 3.02. The van der Waals surface area contributed by atoms with Crippen molar-refractivity contribution in [3.63, 3.8) is 0 Å². The summed E-state index contributed by atoms with van der Waals surface area (Å²) in [6, 6.07) is 16.5. The molecule has 0 bridgehead atoms. The Labute approximate surface area is 158 Å². The predicted molar refractivity (Wildman–Crippen MR) is 104 cm³/mol. The fourth-order valence-electron chi connectivity index (χ4n) is 3.49. The van der Waals surface area contributed by atoms with Crippen LogP contribution in [0.5, 0.6) is 0 Å². The highest BCUT2D eigenvalue weighted by atomic mass is 32.2. The summed E-state index contributed by atoms with van der Waals surface area (Å²) in [4.78, 5) is 14.9. The van der Waals surface area contributed by atoms with Gasteiger partial charge >= 0.3 is 0 Å². The van der Waals surface area contributed by atoms with E-state index >= 15 is 0 Å². The molecule has 2 heterocycles. The van der Waals surface area contributed by atoms with Crippen molar-refractivity contribution in [3.8, 4) is 0 Å². The topological polar surface area (TPSA) is 62.6 Å². The van der Waals surface area contributed by atoms with E-state index in [0.717, 1.165) is 16.5 Å². The minimum Gasteiger partial charge on any atom is -0.341 e. The summed E-state index contributed by atoms with van der Waals surface area (Å²) in [5.74, 6) is -0.0830. The number of sulfonamides is 1. The van der Waals surface area contributed by atoms with Crippen LogP contribution in [0.2, 0.25) is 0 Å². The number of rotatable bonds is 3. The van der Waals surface area contributed by atoms with Gasteiger partial charge in [-0.05, 0) is 41.8 Å². The molecule has 1 aliphatic rings. The highest BCUT2D eigenvalue weighted by molar-refractivity contribution is 7.89. The van der Waals surface area contributed by atoms with Crippen molar-refractivity contribution in [1.82, 2.24) is 13.8 Å². The van der Waals surface area contributed by atoms with Gasteiger partial charge in [-0.15, -0.1) is 0 Å². The molecule has 27 heavy (non-hydrogen) atoms. The lowest BCUT2D eigenvalue weighted by molar-refractivity contribution is 0.0712. The highest BCUT2D eigenvalue weighted by Crippen LogP contribution is 2.25. The number of hydrogen-bond donors (Lipinski definition) is 0. The Morgan fingerprint density at radius 1 is 1.00 bits per heavy atom. The van der Waals surface area contributed by atoms with Crippen molar-refractivity contribution in [2.24, 2.45) is 0 Å². The van der Waals surface area contributed by atoms with Crippen LogP contribution in [0.25, 0.3) is 10.9 Å². The summed E-state index contributed by atoms with van der Waals surface area (Å²) in [6.45, 7) is 1.93. The average molecular weight is 383 g/mol. The van der Waals surface area contributed by atoms with E-state index in [-0.39, 0.29) is 10.8 Å². The van der Waals surface area contributed by atoms with E-state index in [9.17, 15) is 13.2 Å². The summed E-state index contributed by atoms with van der Waals surface area (Å²) >= 11 is 0. The first-order valence-electron chi connectivity index (χ1n) is 8.77. The van der Waals surface area contributed by atoms with E-state index in [4.69, 9.17) is 0 Å². The van der Waals surface area contributed by atoms with Gasteiger partial charge in [-0.25, -0.2) is 12.7 Å². The number of carbonyl (C=O) groups is 1. The first-order chi connectivity index (χ1) is 12.9. The number of fused-ring (bicyclic) bond motifs is 3. The number of amides is 1. The second-order valence-corrected chi connectivity index (χ2v) is 9.04. The Morgan fingerprint density at radius 2 is 1.70 bits per heavy atom. The monoisotopic (exact) mass is 383 g/mol. The largest absolute Gasteiger partial charge is 0.341 e. The Morgan fingerprint density at radius 3 is 2.41 bits per heavy atom. The summed E-state index contributed by atoms with van der Waals surface area (Å²) in [6.07, 6.45) is 0. The van der Waals surface area contributed by atoms with E-state index in [0.29, 0.717) is 18.7 Å². The van der Waals surface area contributed by atoms with Gasteiger partial charge in [0.25, 0.3) is 5.91 Å². The van der Waals surface area contributed by atoms with Gasteiger partial charge in [0, 0.05) is 44.0 Å². The molecular formula is C20H21N3O3S. The molecule has 0 aliphatic carbocycles. The smallest absolute Gasteiger partial charge is 0.254 e. The van der Waals surface area contributed by atoms with Crippen molar-refractivity contribution in [2.75, 3.05) is 20.6 Å². The molecule has 0 atom stereocenters. The molecule has 0 fully saturated rings. The molecule has 1 amide bonds. The number of hydrogen-bond acceptors (Lipinski definition) is 3. The summed E-state index contributed by atoms with van der Waals surface area (Å²) in [7, 11) is -0.519. The number of para-hydroxylation sites is 1. The normalized spacial score (nSPS) is 14.6. The van der Waals surface area contributed by atoms with Gasteiger partial charge < -0.3 is 9.47 Å². The average Bonchev–Trinajstić information content (AvgIpc) is 3.05. The third-order valence-electron chi connectivity index (χ3n) is 5.01. The molecule has 0 N–H and O–H groups in total.